The highest BCUT2D eigenvalue weighted by molar-refractivity contribution is 6.08. The van der Waals surface area contributed by atoms with Crippen LogP contribution in [0.4, 0.5) is 28.4 Å². The standard InChI is InChI=1S/C50H46N6O4/c1-29-25-39(17-21-43(29)45-23-19-41(27-31(45)3)55-49(59)35-9-13-37(51)14-10-35)53-47(57)33-5-7-34(8-6-33)48(58)54-40-18-22-44(30(2)26-40)46-24-20-42(28-32(46)4)56-50(60)36-11-15-38(52)16-12-36/h5-11,13-15,17-28H,12,16,51-52H2,1-4H3,(H,53,57)(H,54,58)(H,55,59)(H,56,60). The van der Waals surface area contributed by atoms with E-state index in [1.54, 1.807) is 60.7 Å². The molecule has 10 nitrogen and oxygen atoms in total. The average Bonchev–Trinajstić information content (AvgIpc) is 3.22. The van der Waals surface area contributed by atoms with Gasteiger partial charge in [0.2, 0.25) is 0 Å². The monoisotopic (exact) mass is 794 g/mol. The van der Waals surface area contributed by atoms with Crippen molar-refractivity contribution < 1.29 is 19.2 Å². The third-order valence-electron chi connectivity index (χ3n) is 10.6. The molecule has 0 radical (unpaired) electrons. The van der Waals surface area contributed by atoms with Crippen molar-refractivity contribution in [2.24, 2.45) is 5.73 Å². The molecule has 0 fully saturated rings. The van der Waals surface area contributed by atoms with Gasteiger partial charge >= 0.3 is 0 Å². The van der Waals surface area contributed by atoms with Crippen molar-refractivity contribution in [1.29, 1.82) is 0 Å². The first-order valence-electron chi connectivity index (χ1n) is 19.6. The molecule has 7 rings (SSSR count). The van der Waals surface area contributed by atoms with Crippen LogP contribution in [0.2, 0.25) is 0 Å². The van der Waals surface area contributed by atoms with Gasteiger partial charge in [0.05, 0.1) is 0 Å². The van der Waals surface area contributed by atoms with Crippen molar-refractivity contribution in [3.63, 3.8) is 0 Å². The maximum absolute atomic E-state index is 13.2. The zero-order valence-corrected chi connectivity index (χ0v) is 33.9. The quantitative estimate of drug-likeness (QED) is 0.0755. The number of benzene rings is 6. The van der Waals surface area contributed by atoms with E-state index in [-0.39, 0.29) is 23.6 Å². The molecule has 1 aliphatic rings. The number of carbonyl (C=O) groups excluding carboxylic acids is 4. The summed E-state index contributed by atoms with van der Waals surface area (Å²) in [7, 11) is 0. The lowest BCUT2D eigenvalue weighted by Gasteiger charge is -2.15. The minimum Gasteiger partial charge on any atom is -0.402 e. The summed E-state index contributed by atoms with van der Waals surface area (Å²) in [6, 6.07) is 36.4. The van der Waals surface area contributed by atoms with Crippen molar-refractivity contribution in [2.75, 3.05) is 27.0 Å². The van der Waals surface area contributed by atoms with Crippen LogP contribution in [-0.4, -0.2) is 23.6 Å². The van der Waals surface area contributed by atoms with Gasteiger partial charge in [0.25, 0.3) is 23.6 Å². The Labute approximate surface area is 349 Å². The zero-order valence-electron chi connectivity index (χ0n) is 33.9. The minimum atomic E-state index is -0.298. The lowest BCUT2D eigenvalue weighted by molar-refractivity contribution is -0.113. The van der Waals surface area contributed by atoms with Crippen LogP contribution in [-0.2, 0) is 4.79 Å². The van der Waals surface area contributed by atoms with E-state index < -0.39 is 0 Å². The number of aryl methyl sites for hydroxylation is 4. The van der Waals surface area contributed by atoms with Crippen LogP contribution in [0.5, 0.6) is 0 Å². The highest BCUT2D eigenvalue weighted by Crippen LogP contribution is 2.32. The molecule has 0 saturated heterocycles. The van der Waals surface area contributed by atoms with E-state index >= 15 is 0 Å². The van der Waals surface area contributed by atoms with Crippen molar-refractivity contribution in [3.8, 4) is 22.3 Å². The predicted octanol–water partition coefficient (Wildman–Crippen LogP) is 10.1. The summed E-state index contributed by atoms with van der Waals surface area (Å²) in [5.41, 5.74) is 25.7. The van der Waals surface area contributed by atoms with Crippen LogP contribution in [0, 0.1) is 27.7 Å². The Hall–Kier alpha value is -7.72. The zero-order chi connectivity index (χ0) is 42.5. The van der Waals surface area contributed by atoms with E-state index in [0.29, 0.717) is 63.5 Å². The van der Waals surface area contributed by atoms with E-state index in [1.165, 1.54) is 0 Å². The number of amides is 4. The van der Waals surface area contributed by atoms with Crippen LogP contribution in [0.3, 0.4) is 0 Å². The summed E-state index contributed by atoms with van der Waals surface area (Å²) in [4.78, 5) is 51.9. The Kier molecular flexibility index (Phi) is 11.7. The fourth-order valence-corrected chi connectivity index (χ4v) is 7.25. The van der Waals surface area contributed by atoms with E-state index in [0.717, 1.165) is 50.2 Å². The van der Waals surface area contributed by atoms with Crippen LogP contribution in [0.1, 0.15) is 66.2 Å². The Morgan fingerprint density at radius 2 is 0.717 bits per heavy atom. The maximum Gasteiger partial charge on any atom is 0.255 e. The molecule has 0 aromatic heterocycles. The van der Waals surface area contributed by atoms with Gasteiger partial charge in [0.15, 0.2) is 0 Å². The molecule has 8 N–H and O–H groups in total. The van der Waals surface area contributed by atoms with Gasteiger partial charge < -0.3 is 32.7 Å². The number of rotatable bonds is 10. The molecule has 0 atom stereocenters. The van der Waals surface area contributed by atoms with Crippen molar-refractivity contribution in [1.82, 2.24) is 0 Å². The van der Waals surface area contributed by atoms with Crippen LogP contribution in [0.25, 0.3) is 22.3 Å². The lowest BCUT2D eigenvalue weighted by atomic mass is 9.95. The van der Waals surface area contributed by atoms with Crippen LogP contribution < -0.4 is 32.7 Å². The number of nitrogen functional groups attached to an aromatic ring is 1. The first kappa shape index (κ1) is 40.5. The molecule has 4 amide bonds. The molecule has 60 heavy (non-hydrogen) atoms. The largest absolute Gasteiger partial charge is 0.402 e. The normalized spacial score (nSPS) is 12.1. The topological polar surface area (TPSA) is 168 Å². The van der Waals surface area contributed by atoms with Gasteiger partial charge in [0.1, 0.15) is 0 Å². The second-order valence-electron chi connectivity index (χ2n) is 15.1. The Bertz CT molecular complexity index is 2730. The average molecular weight is 795 g/mol. The summed E-state index contributed by atoms with van der Waals surface area (Å²) in [6.45, 7) is 7.96. The molecular formula is C50H46N6O4. The van der Waals surface area contributed by atoms with E-state index in [2.05, 4.69) is 21.3 Å². The number of nitrogens with one attached hydrogen (secondary N) is 4. The lowest BCUT2D eigenvalue weighted by Crippen LogP contribution is -2.16. The van der Waals surface area contributed by atoms with Gasteiger partial charge in [-0.05, 0) is 188 Å². The minimum absolute atomic E-state index is 0.131. The highest BCUT2D eigenvalue weighted by Gasteiger charge is 2.16. The molecule has 0 aliphatic heterocycles. The number of nitrogens with two attached hydrogens (primary N) is 2. The Morgan fingerprint density at radius 3 is 1.02 bits per heavy atom. The SMILES string of the molecule is Cc1cc(NC(=O)C2=CC=C(N)CC2)ccc1-c1ccc(NC(=O)c2ccc(C(=O)Nc3ccc(-c4ccc(NC(=O)c5ccc(N)cc5)cc4C)c(C)c3)cc2)cc1C. The Morgan fingerprint density at radius 1 is 0.400 bits per heavy atom. The van der Waals surface area contributed by atoms with Gasteiger partial charge in [-0.2, -0.15) is 0 Å². The summed E-state index contributed by atoms with van der Waals surface area (Å²) < 4.78 is 0. The third-order valence-corrected chi connectivity index (χ3v) is 10.6. The van der Waals surface area contributed by atoms with Gasteiger partial charge in [-0.15, -0.1) is 0 Å². The van der Waals surface area contributed by atoms with Gasteiger partial charge in [0, 0.05) is 56.4 Å². The van der Waals surface area contributed by atoms with Gasteiger partial charge in [-0.3, -0.25) is 19.2 Å². The first-order valence-corrected chi connectivity index (χ1v) is 19.6. The molecule has 300 valence electrons. The molecule has 1 aliphatic carbocycles. The van der Waals surface area contributed by atoms with E-state index in [4.69, 9.17) is 11.5 Å². The number of anilines is 5. The van der Waals surface area contributed by atoms with Gasteiger partial charge in [-0.1, -0.05) is 30.3 Å². The molecule has 6 aromatic rings. The van der Waals surface area contributed by atoms with E-state index in [1.807, 2.05) is 100 Å². The molecule has 0 bridgehead atoms. The van der Waals surface area contributed by atoms with E-state index in [9.17, 15) is 19.2 Å². The molecule has 0 spiro atoms. The molecule has 0 unspecified atom stereocenters. The molecular weight excluding hydrogens is 749 g/mol. The maximum atomic E-state index is 13.2. The fraction of sp³-hybridized carbons (Fsp3) is 0.120. The molecule has 10 heteroatoms. The van der Waals surface area contributed by atoms with Crippen LogP contribution in [0.15, 0.2) is 145 Å². The van der Waals surface area contributed by atoms with Crippen molar-refractivity contribution >= 4 is 52.1 Å². The summed E-state index contributed by atoms with van der Waals surface area (Å²) >= 11 is 0. The number of hydrogen-bond donors (Lipinski definition) is 6. The van der Waals surface area contributed by atoms with Crippen LogP contribution >= 0.6 is 0 Å². The van der Waals surface area contributed by atoms with Gasteiger partial charge in [-0.25, -0.2) is 0 Å². The second kappa shape index (κ2) is 17.4. The molecule has 6 aromatic carbocycles. The van der Waals surface area contributed by atoms with Crippen molar-refractivity contribution in [2.45, 2.75) is 40.5 Å². The smallest absolute Gasteiger partial charge is 0.255 e. The second-order valence-corrected chi connectivity index (χ2v) is 15.1. The number of allylic oxidation sites excluding steroid dienone is 3. The molecule has 0 heterocycles. The summed E-state index contributed by atoms with van der Waals surface area (Å²) in [5, 5.41) is 11.9. The molecule has 0 saturated carbocycles. The highest BCUT2D eigenvalue weighted by atomic mass is 16.2. The summed E-state index contributed by atoms with van der Waals surface area (Å²) in [5.74, 6) is -0.941. The first-order chi connectivity index (χ1) is 28.8. The third kappa shape index (κ3) is 9.35. The predicted molar refractivity (Wildman–Crippen MR) is 242 cm³/mol. The fourth-order valence-electron chi connectivity index (χ4n) is 7.25. The Balaban J connectivity index is 0.941. The van der Waals surface area contributed by atoms with Crippen molar-refractivity contribution in [3.05, 3.63) is 184 Å². The number of hydrogen-bond acceptors (Lipinski definition) is 6. The summed E-state index contributed by atoms with van der Waals surface area (Å²) in [6.07, 6.45) is 4.84. The number of carbonyl (C=O) groups is 4.